The second-order valence-electron chi connectivity index (χ2n) is 5.78. The first kappa shape index (κ1) is 15.4. The molecule has 1 aromatic heterocycles. The molecule has 1 atom stereocenters. The number of likely N-dealkylation sites (N-methyl/N-ethyl adjacent to an activating group) is 1. The molecule has 1 aromatic rings. The van der Waals surface area contributed by atoms with Crippen LogP contribution in [-0.2, 0) is 11.3 Å². The lowest BCUT2D eigenvalue weighted by atomic mass is 9.95. The van der Waals surface area contributed by atoms with Gasteiger partial charge >= 0.3 is 5.97 Å². The largest absolute Gasteiger partial charge is 0.480 e. The summed E-state index contributed by atoms with van der Waals surface area (Å²) < 4.78 is 0. The molecule has 0 saturated carbocycles. The molecule has 19 heavy (non-hydrogen) atoms. The van der Waals surface area contributed by atoms with Gasteiger partial charge in [0.15, 0.2) is 0 Å². The Labute approximate surface area is 114 Å². The molecular formula is C15H22N2O2. The van der Waals surface area contributed by atoms with Crippen molar-refractivity contribution >= 4 is 5.97 Å². The first-order valence-electron chi connectivity index (χ1n) is 6.31. The summed E-state index contributed by atoms with van der Waals surface area (Å²) in [5.74, 6) is -0.841. The highest BCUT2D eigenvalue weighted by atomic mass is 16.4. The van der Waals surface area contributed by atoms with Crippen molar-refractivity contribution in [2.24, 2.45) is 5.41 Å². The Kier molecular flexibility index (Phi) is 5.24. The third-order valence-corrected chi connectivity index (χ3v) is 2.66. The molecule has 0 radical (unpaired) electrons. The first-order valence-corrected chi connectivity index (χ1v) is 6.31. The Bertz CT molecular complexity index is 435. The van der Waals surface area contributed by atoms with Crippen molar-refractivity contribution in [3.05, 3.63) is 42.2 Å². The molecule has 1 N–H and O–H groups in total. The molecule has 0 aliphatic rings. The maximum atomic E-state index is 11.3. The highest BCUT2D eigenvalue weighted by Crippen LogP contribution is 2.16. The molecule has 104 valence electrons. The number of carboxylic acids is 1. The number of allylic oxidation sites excluding steroid dienone is 1. The molecule has 0 aliphatic heterocycles. The summed E-state index contributed by atoms with van der Waals surface area (Å²) in [5.41, 5.74) is 0.975. The molecule has 4 heteroatoms. The highest BCUT2D eigenvalue weighted by molar-refractivity contribution is 5.75. The van der Waals surface area contributed by atoms with E-state index >= 15 is 0 Å². The average molecular weight is 262 g/mol. The van der Waals surface area contributed by atoms with Gasteiger partial charge in [0.1, 0.15) is 6.04 Å². The maximum absolute atomic E-state index is 11.3. The minimum atomic E-state index is -0.841. The van der Waals surface area contributed by atoms with Crippen molar-refractivity contribution in [3.63, 3.8) is 0 Å². The summed E-state index contributed by atoms with van der Waals surface area (Å²) in [6.07, 6.45) is 7.14. The van der Waals surface area contributed by atoms with Crippen LogP contribution >= 0.6 is 0 Å². The van der Waals surface area contributed by atoms with Crippen molar-refractivity contribution in [3.8, 4) is 0 Å². The van der Waals surface area contributed by atoms with E-state index in [0.29, 0.717) is 6.54 Å². The van der Waals surface area contributed by atoms with E-state index in [1.54, 1.807) is 30.4 Å². The van der Waals surface area contributed by atoms with E-state index in [9.17, 15) is 9.90 Å². The maximum Gasteiger partial charge on any atom is 0.324 e. The molecule has 1 rings (SSSR count). The van der Waals surface area contributed by atoms with Gasteiger partial charge in [0.05, 0.1) is 0 Å². The van der Waals surface area contributed by atoms with Gasteiger partial charge in [0.2, 0.25) is 0 Å². The first-order chi connectivity index (χ1) is 8.79. The molecule has 0 aromatic carbocycles. The molecule has 4 nitrogen and oxygen atoms in total. The fraction of sp³-hybridized carbons (Fsp3) is 0.467. The average Bonchev–Trinajstić information content (AvgIpc) is 2.28. The third kappa shape index (κ3) is 5.66. The van der Waals surface area contributed by atoms with Gasteiger partial charge in [0.25, 0.3) is 0 Å². The molecule has 0 fully saturated rings. The fourth-order valence-corrected chi connectivity index (χ4v) is 1.68. The zero-order chi connectivity index (χ0) is 14.5. The summed E-state index contributed by atoms with van der Waals surface area (Å²) >= 11 is 0. The van der Waals surface area contributed by atoms with Crippen LogP contribution in [-0.4, -0.2) is 34.0 Å². The Balaban J connectivity index is 2.77. The number of carboxylic acid groups (broad SMARTS) is 1. The van der Waals surface area contributed by atoms with Crippen molar-refractivity contribution in [1.29, 1.82) is 0 Å². The Hall–Kier alpha value is -1.68. The third-order valence-electron chi connectivity index (χ3n) is 2.66. The second kappa shape index (κ2) is 6.48. The van der Waals surface area contributed by atoms with E-state index in [2.05, 4.69) is 4.98 Å². The lowest BCUT2D eigenvalue weighted by molar-refractivity contribution is -0.141. The predicted molar refractivity (Wildman–Crippen MR) is 75.7 cm³/mol. The Morgan fingerprint density at radius 2 is 2.21 bits per heavy atom. The fourth-order valence-electron chi connectivity index (χ4n) is 1.68. The van der Waals surface area contributed by atoms with Crippen molar-refractivity contribution in [1.82, 2.24) is 9.88 Å². The van der Waals surface area contributed by atoms with Gasteiger partial charge in [-0.3, -0.25) is 14.7 Å². The van der Waals surface area contributed by atoms with Crippen molar-refractivity contribution in [2.45, 2.75) is 33.4 Å². The molecule has 0 spiro atoms. The molecule has 0 aliphatic carbocycles. The van der Waals surface area contributed by atoms with Crippen LogP contribution in [0.3, 0.4) is 0 Å². The van der Waals surface area contributed by atoms with Gasteiger partial charge < -0.3 is 5.11 Å². The topological polar surface area (TPSA) is 53.4 Å². The number of rotatable bonds is 5. The van der Waals surface area contributed by atoms with Crippen molar-refractivity contribution < 1.29 is 9.90 Å². The van der Waals surface area contributed by atoms with Gasteiger partial charge in [-0.1, -0.05) is 39.0 Å². The molecule has 1 heterocycles. The number of hydrogen-bond donors (Lipinski definition) is 1. The standard InChI is InChI=1S/C15H22N2O2/c1-15(2,3)8-7-13(14(18)19)17(4)11-12-6-5-9-16-10-12/h5-10,13H,11H2,1-4H3,(H,18,19)/b8-7+. The van der Waals surface area contributed by atoms with Crippen LogP contribution in [0.5, 0.6) is 0 Å². The van der Waals surface area contributed by atoms with Crippen LogP contribution in [0.4, 0.5) is 0 Å². The Morgan fingerprint density at radius 3 is 2.68 bits per heavy atom. The van der Waals surface area contributed by atoms with Gasteiger partial charge in [-0.05, 0) is 24.1 Å². The summed E-state index contributed by atoms with van der Waals surface area (Å²) in [4.78, 5) is 17.2. The van der Waals surface area contributed by atoms with Gasteiger partial charge in [0, 0.05) is 18.9 Å². The number of aliphatic carboxylic acids is 1. The number of hydrogen-bond acceptors (Lipinski definition) is 3. The van der Waals surface area contributed by atoms with Gasteiger partial charge in [-0.15, -0.1) is 0 Å². The molecule has 0 saturated heterocycles. The summed E-state index contributed by atoms with van der Waals surface area (Å²) in [5, 5.41) is 9.31. The second-order valence-corrected chi connectivity index (χ2v) is 5.78. The van der Waals surface area contributed by atoms with Crippen molar-refractivity contribution in [2.75, 3.05) is 7.05 Å². The van der Waals surface area contributed by atoms with Crippen LogP contribution in [0.2, 0.25) is 0 Å². The lowest BCUT2D eigenvalue weighted by Gasteiger charge is -2.23. The number of aromatic nitrogens is 1. The van der Waals surface area contributed by atoms with Gasteiger partial charge in [-0.25, -0.2) is 0 Å². The number of carbonyl (C=O) groups is 1. The minimum Gasteiger partial charge on any atom is -0.480 e. The Morgan fingerprint density at radius 1 is 1.53 bits per heavy atom. The smallest absolute Gasteiger partial charge is 0.324 e. The summed E-state index contributed by atoms with van der Waals surface area (Å²) in [6.45, 7) is 6.69. The normalized spacial score (nSPS) is 13.9. The highest BCUT2D eigenvalue weighted by Gasteiger charge is 2.20. The monoisotopic (exact) mass is 262 g/mol. The molecular weight excluding hydrogens is 240 g/mol. The summed E-state index contributed by atoms with van der Waals surface area (Å²) in [6, 6.07) is 3.17. The molecule has 1 unspecified atom stereocenters. The lowest BCUT2D eigenvalue weighted by Crippen LogP contribution is -2.36. The van der Waals surface area contributed by atoms with E-state index in [4.69, 9.17) is 0 Å². The number of pyridine rings is 1. The SMILES string of the molecule is CN(Cc1cccnc1)C(/C=C/C(C)(C)C)C(=O)O. The van der Waals surface area contributed by atoms with E-state index in [0.717, 1.165) is 5.56 Å². The molecule has 0 amide bonds. The van der Waals surface area contributed by atoms with Crippen LogP contribution in [0.15, 0.2) is 36.7 Å². The summed E-state index contributed by atoms with van der Waals surface area (Å²) in [7, 11) is 1.80. The van der Waals surface area contributed by atoms with Crippen LogP contribution in [0.1, 0.15) is 26.3 Å². The van der Waals surface area contributed by atoms with E-state index < -0.39 is 12.0 Å². The molecule has 0 bridgehead atoms. The zero-order valence-electron chi connectivity index (χ0n) is 12.0. The van der Waals surface area contributed by atoms with E-state index in [1.807, 2.05) is 39.0 Å². The van der Waals surface area contributed by atoms with Crippen LogP contribution < -0.4 is 0 Å². The van der Waals surface area contributed by atoms with Gasteiger partial charge in [-0.2, -0.15) is 0 Å². The minimum absolute atomic E-state index is 0.0250. The van der Waals surface area contributed by atoms with E-state index in [-0.39, 0.29) is 5.41 Å². The quantitative estimate of drug-likeness (QED) is 0.829. The predicted octanol–water partition coefficient (Wildman–Crippen LogP) is 2.57. The van der Waals surface area contributed by atoms with Crippen LogP contribution in [0, 0.1) is 5.41 Å². The van der Waals surface area contributed by atoms with Crippen LogP contribution in [0.25, 0.3) is 0 Å². The zero-order valence-corrected chi connectivity index (χ0v) is 12.0. The van der Waals surface area contributed by atoms with E-state index in [1.165, 1.54) is 0 Å². The number of nitrogens with zero attached hydrogens (tertiary/aromatic N) is 2.